The minimum absolute atomic E-state index is 0.0900. The Morgan fingerprint density at radius 1 is 0.900 bits per heavy atom. The van der Waals surface area contributed by atoms with Crippen molar-refractivity contribution in [2.45, 2.75) is 90.3 Å². The highest BCUT2D eigenvalue weighted by Gasteiger charge is 2.32. The average Bonchev–Trinajstić information content (AvgIpc) is 2.95. The molecular formula is C35H44N2O3. The normalized spacial score (nSPS) is 14.8. The number of benzene rings is 3. The van der Waals surface area contributed by atoms with Crippen LogP contribution in [-0.2, 0) is 28.0 Å². The third-order valence-electron chi connectivity index (χ3n) is 7.87. The van der Waals surface area contributed by atoms with Crippen molar-refractivity contribution in [3.05, 3.63) is 101 Å². The van der Waals surface area contributed by atoms with Crippen LogP contribution in [0.2, 0.25) is 0 Å². The maximum atomic E-state index is 14.0. The molecule has 1 fully saturated rings. The van der Waals surface area contributed by atoms with Crippen molar-refractivity contribution in [1.29, 1.82) is 0 Å². The number of hydrogen-bond acceptors (Lipinski definition) is 3. The van der Waals surface area contributed by atoms with Gasteiger partial charge in [-0.25, -0.2) is 0 Å². The van der Waals surface area contributed by atoms with Crippen LogP contribution in [-0.4, -0.2) is 35.4 Å². The first-order valence-electron chi connectivity index (χ1n) is 14.6. The van der Waals surface area contributed by atoms with E-state index >= 15 is 0 Å². The number of hydrogen-bond donors (Lipinski definition) is 1. The lowest BCUT2D eigenvalue weighted by atomic mass is 9.86. The van der Waals surface area contributed by atoms with E-state index in [1.54, 1.807) is 4.90 Å². The van der Waals surface area contributed by atoms with Gasteiger partial charge < -0.3 is 15.0 Å². The van der Waals surface area contributed by atoms with Crippen LogP contribution in [0.3, 0.4) is 0 Å². The maximum absolute atomic E-state index is 14.0. The maximum Gasteiger partial charge on any atom is 0.261 e. The summed E-state index contributed by atoms with van der Waals surface area (Å²) in [5.41, 5.74) is 4.05. The Labute approximate surface area is 239 Å². The van der Waals surface area contributed by atoms with Gasteiger partial charge in [0.05, 0.1) is 0 Å². The van der Waals surface area contributed by atoms with Crippen LogP contribution in [0.1, 0.15) is 75.1 Å². The number of carbonyl (C=O) groups is 2. The van der Waals surface area contributed by atoms with Crippen LogP contribution < -0.4 is 10.1 Å². The summed E-state index contributed by atoms with van der Waals surface area (Å²) in [6, 6.07) is 25.4. The van der Waals surface area contributed by atoms with Gasteiger partial charge in [-0.05, 0) is 53.5 Å². The summed E-state index contributed by atoms with van der Waals surface area (Å²) in [6.07, 6.45) is 5.88. The molecule has 1 aliphatic rings. The largest absolute Gasteiger partial charge is 0.483 e. The molecular weight excluding hydrogens is 496 g/mol. The third kappa shape index (κ3) is 7.97. The molecule has 0 spiro atoms. The van der Waals surface area contributed by atoms with Gasteiger partial charge in [0, 0.05) is 19.0 Å². The molecule has 1 aliphatic carbocycles. The quantitative estimate of drug-likeness (QED) is 0.309. The van der Waals surface area contributed by atoms with Gasteiger partial charge in [-0.1, -0.05) is 113 Å². The topological polar surface area (TPSA) is 58.6 Å². The fraction of sp³-hybridized carbons (Fsp3) is 0.429. The molecule has 0 aliphatic heterocycles. The predicted octanol–water partition coefficient (Wildman–Crippen LogP) is 6.76. The highest BCUT2D eigenvalue weighted by atomic mass is 16.5. The summed E-state index contributed by atoms with van der Waals surface area (Å²) >= 11 is 0. The molecule has 0 radical (unpaired) electrons. The summed E-state index contributed by atoms with van der Waals surface area (Å²) in [4.78, 5) is 29.7. The van der Waals surface area contributed by atoms with E-state index < -0.39 is 6.04 Å². The molecule has 0 unspecified atom stereocenters. The first-order valence-corrected chi connectivity index (χ1v) is 14.6. The van der Waals surface area contributed by atoms with E-state index in [0.29, 0.717) is 18.7 Å². The molecule has 5 nitrogen and oxygen atoms in total. The molecule has 40 heavy (non-hydrogen) atoms. The van der Waals surface area contributed by atoms with E-state index in [4.69, 9.17) is 4.74 Å². The van der Waals surface area contributed by atoms with Gasteiger partial charge in [-0.2, -0.15) is 0 Å². The standard InChI is InChI=1S/C35H44N2O3/c1-26-15-11-12-18-28(26)24-37(33(38)25-40-32-22-14-13-21-30(32)35(2,3)4)31(23-27-16-7-5-8-17-27)34(39)36-29-19-9-6-10-20-29/h5,7-8,11-18,21-22,29,31H,6,9-10,19-20,23-25H2,1-4H3,(H,36,39)/t31-/m0/s1. The number of para-hydroxylation sites is 1. The summed E-state index contributed by atoms with van der Waals surface area (Å²) in [6.45, 7) is 8.64. The fourth-order valence-corrected chi connectivity index (χ4v) is 5.50. The third-order valence-corrected chi connectivity index (χ3v) is 7.87. The molecule has 0 bridgehead atoms. The number of nitrogens with zero attached hydrogens (tertiary/aromatic N) is 1. The smallest absolute Gasteiger partial charge is 0.261 e. The molecule has 3 aromatic rings. The van der Waals surface area contributed by atoms with Crippen molar-refractivity contribution in [1.82, 2.24) is 10.2 Å². The minimum Gasteiger partial charge on any atom is -0.483 e. The fourth-order valence-electron chi connectivity index (χ4n) is 5.50. The van der Waals surface area contributed by atoms with Crippen LogP contribution in [0, 0.1) is 6.92 Å². The lowest BCUT2D eigenvalue weighted by Gasteiger charge is -2.34. The second-order valence-electron chi connectivity index (χ2n) is 12.0. The van der Waals surface area contributed by atoms with E-state index in [1.165, 1.54) is 6.42 Å². The Balaban J connectivity index is 1.64. The summed E-state index contributed by atoms with van der Waals surface area (Å²) < 4.78 is 6.18. The number of aryl methyl sites for hydroxylation is 1. The number of rotatable bonds is 10. The zero-order valence-electron chi connectivity index (χ0n) is 24.5. The molecule has 4 rings (SSSR count). The van der Waals surface area contributed by atoms with Gasteiger partial charge >= 0.3 is 0 Å². The molecule has 1 saturated carbocycles. The molecule has 0 heterocycles. The zero-order chi connectivity index (χ0) is 28.5. The van der Waals surface area contributed by atoms with Crippen molar-refractivity contribution in [2.75, 3.05) is 6.61 Å². The van der Waals surface area contributed by atoms with Gasteiger partial charge in [-0.15, -0.1) is 0 Å². The SMILES string of the molecule is Cc1ccccc1CN(C(=O)COc1ccccc1C(C)(C)C)[C@@H](Cc1ccccc1)C(=O)NC1CCCCC1. The summed E-state index contributed by atoms with van der Waals surface area (Å²) in [5, 5.41) is 3.30. The Kier molecular flexibility index (Phi) is 10.0. The van der Waals surface area contributed by atoms with E-state index in [1.807, 2.05) is 85.8 Å². The molecule has 1 atom stereocenters. The van der Waals surface area contributed by atoms with E-state index in [9.17, 15) is 9.59 Å². The molecule has 0 aromatic heterocycles. The van der Waals surface area contributed by atoms with Gasteiger partial charge in [0.2, 0.25) is 5.91 Å². The summed E-state index contributed by atoms with van der Waals surface area (Å²) in [5.74, 6) is 0.407. The first kappa shape index (κ1) is 29.4. The van der Waals surface area contributed by atoms with Crippen molar-refractivity contribution < 1.29 is 14.3 Å². The van der Waals surface area contributed by atoms with Crippen LogP contribution in [0.25, 0.3) is 0 Å². The van der Waals surface area contributed by atoms with E-state index in [0.717, 1.165) is 47.9 Å². The Morgan fingerprint density at radius 3 is 2.25 bits per heavy atom. The average molecular weight is 541 g/mol. The monoisotopic (exact) mass is 540 g/mol. The van der Waals surface area contributed by atoms with Crippen LogP contribution in [0.15, 0.2) is 78.9 Å². The van der Waals surface area contributed by atoms with Crippen LogP contribution in [0.4, 0.5) is 0 Å². The van der Waals surface area contributed by atoms with Crippen molar-refractivity contribution in [3.8, 4) is 5.75 Å². The van der Waals surface area contributed by atoms with Crippen LogP contribution >= 0.6 is 0 Å². The Bertz CT molecular complexity index is 1260. The predicted molar refractivity (Wildman–Crippen MR) is 161 cm³/mol. The number of ether oxygens (including phenoxy) is 1. The second kappa shape index (κ2) is 13.6. The van der Waals surface area contributed by atoms with Gasteiger partial charge in [-0.3, -0.25) is 9.59 Å². The van der Waals surface area contributed by atoms with E-state index in [-0.39, 0.29) is 29.9 Å². The molecule has 3 aromatic carbocycles. The molecule has 1 N–H and O–H groups in total. The highest BCUT2D eigenvalue weighted by Crippen LogP contribution is 2.31. The highest BCUT2D eigenvalue weighted by molar-refractivity contribution is 5.88. The van der Waals surface area contributed by atoms with Gasteiger partial charge in [0.25, 0.3) is 5.91 Å². The number of nitrogens with one attached hydrogen (secondary N) is 1. The number of amides is 2. The zero-order valence-corrected chi connectivity index (χ0v) is 24.5. The van der Waals surface area contributed by atoms with E-state index in [2.05, 4.69) is 26.1 Å². The lowest BCUT2D eigenvalue weighted by Crippen LogP contribution is -2.53. The molecule has 212 valence electrons. The lowest BCUT2D eigenvalue weighted by molar-refractivity contribution is -0.143. The van der Waals surface area contributed by atoms with Crippen molar-refractivity contribution in [3.63, 3.8) is 0 Å². The number of carbonyl (C=O) groups excluding carboxylic acids is 2. The second-order valence-corrected chi connectivity index (χ2v) is 12.0. The molecule has 0 saturated heterocycles. The van der Waals surface area contributed by atoms with Crippen LogP contribution in [0.5, 0.6) is 5.75 Å². The first-order chi connectivity index (χ1) is 19.2. The van der Waals surface area contributed by atoms with Crippen molar-refractivity contribution in [2.24, 2.45) is 0 Å². The van der Waals surface area contributed by atoms with Crippen molar-refractivity contribution >= 4 is 11.8 Å². The molecule has 5 heteroatoms. The summed E-state index contributed by atoms with van der Waals surface area (Å²) in [7, 11) is 0. The Hall–Kier alpha value is -3.60. The van der Waals surface area contributed by atoms with Gasteiger partial charge in [0.1, 0.15) is 11.8 Å². The molecule has 2 amide bonds. The Morgan fingerprint density at radius 2 is 1.55 bits per heavy atom. The minimum atomic E-state index is -0.655. The van der Waals surface area contributed by atoms with Gasteiger partial charge in [0.15, 0.2) is 6.61 Å².